The summed E-state index contributed by atoms with van der Waals surface area (Å²) in [6.07, 6.45) is 5.66. The molecule has 3 heterocycles. The Bertz CT molecular complexity index is 769. The maximum absolute atomic E-state index is 12.9. The number of carboxylic acid groups (broad SMARTS) is 1. The fourth-order valence-electron chi connectivity index (χ4n) is 5.17. The Kier molecular flexibility index (Phi) is 4.19. The highest BCUT2D eigenvalue weighted by atomic mass is 32.2. The van der Waals surface area contributed by atoms with Crippen molar-refractivity contribution in [3.8, 4) is 0 Å². The zero-order valence-corrected chi connectivity index (χ0v) is 17.4. The van der Waals surface area contributed by atoms with Crippen LogP contribution in [0.2, 0.25) is 0 Å². The number of hydrogen-bond acceptors (Lipinski definition) is 5. The molecule has 26 heavy (non-hydrogen) atoms. The molecule has 0 unspecified atom stereocenters. The average molecular weight is 395 g/mol. The minimum Gasteiger partial charge on any atom is -0.479 e. The van der Waals surface area contributed by atoms with E-state index in [1.54, 1.807) is 11.8 Å². The Labute approximate surface area is 163 Å². The third kappa shape index (κ3) is 2.13. The van der Waals surface area contributed by atoms with Crippen LogP contribution >= 0.6 is 24.0 Å². The van der Waals surface area contributed by atoms with Crippen LogP contribution in [0.3, 0.4) is 0 Å². The molecule has 1 aliphatic carbocycles. The molecule has 0 spiro atoms. The monoisotopic (exact) mass is 394 g/mol. The lowest BCUT2D eigenvalue weighted by Crippen LogP contribution is -2.67. The summed E-state index contributed by atoms with van der Waals surface area (Å²) in [6, 6.07) is 0. The fourth-order valence-corrected chi connectivity index (χ4v) is 7.47. The molecule has 2 saturated heterocycles. The summed E-state index contributed by atoms with van der Waals surface area (Å²) in [5, 5.41) is 15.0. The lowest BCUT2D eigenvalue weighted by atomic mass is 9.71. The molecular weight excluding hydrogens is 368 g/mol. The molecule has 1 saturated carbocycles. The first-order valence-electron chi connectivity index (χ1n) is 9.44. The summed E-state index contributed by atoms with van der Waals surface area (Å²) < 4.78 is 5.06. The number of carbonyl (C=O) groups is 1. The van der Waals surface area contributed by atoms with Gasteiger partial charge in [-0.3, -0.25) is 0 Å². The third-order valence-electron chi connectivity index (χ3n) is 6.51. The molecule has 1 aromatic heterocycles. The Morgan fingerprint density at radius 1 is 1.35 bits per heavy atom. The zero-order chi connectivity index (χ0) is 18.9. The minimum atomic E-state index is -1.22. The quantitative estimate of drug-likeness (QED) is 0.760. The van der Waals surface area contributed by atoms with Crippen molar-refractivity contribution in [2.75, 3.05) is 0 Å². The Balaban J connectivity index is 1.92. The standard InChI is InChI=1S/C19H26N2O3S2/c1-10-15(25)21-16(10)26-18(3,4)19(21,17(22)23)13-11(2)24-20-14(13)12-8-6-5-7-9-12/h10,12,16H,5-9H2,1-4H3,(H,22,23)/t10-,16-,19+/m1/s1. The van der Waals surface area contributed by atoms with Gasteiger partial charge in [-0.2, -0.15) is 0 Å². The molecule has 2 aliphatic heterocycles. The number of nitrogens with zero attached hydrogens (tertiary/aromatic N) is 2. The van der Waals surface area contributed by atoms with E-state index in [1.165, 1.54) is 6.42 Å². The first-order chi connectivity index (χ1) is 12.2. The molecule has 1 aromatic rings. The van der Waals surface area contributed by atoms with E-state index < -0.39 is 16.3 Å². The van der Waals surface area contributed by atoms with Gasteiger partial charge in [-0.1, -0.05) is 43.6 Å². The molecule has 3 atom stereocenters. The first kappa shape index (κ1) is 18.3. The van der Waals surface area contributed by atoms with Gasteiger partial charge in [-0.05, 0) is 33.6 Å². The third-order valence-corrected chi connectivity index (χ3v) is 8.82. The number of thiocarbonyl (C=S) groups is 1. The summed E-state index contributed by atoms with van der Waals surface area (Å²) >= 11 is 7.35. The maximum atomic E-state index is 12.9. The number of thioether (sulfide) groups is 1. The second-order valence-corrected chi connectivity index (χ2v) is 10.5. The normalized spacial score (nSPS) is 33.8. The Morgan fingerprint density at radius 2 is 2.00 bits per heavy atom. The largest absolute Gasteiger partial charge is 0.479 e. The van der Waals surface area contributed by atoms with Crippen LogP contribution in [0.25, 0.3) is 0 Å². The van der Waals surface area contributed by atoms with Crippen molar-refractivity contribution >= 4 is 34.9 Å². The summed E-state index contributed by atoms with van der Waals surface area (Å²) in [4.78, 5) is 15.6. The predicted octanol–water partition coefficient (Wildman–Crippen LogP) is 4.44. The molecule has 1 N–H and O–H groups in total. The van der Waals surface area contributed by atoms with Crippen LogP contribution in [0, 0.1) is 12.8 Å². The molecular formula is C19H26N2O3S2. The Hall–Kier alpha value is -1.08. The smallest absolute Gasteiger partial charge is 0.336 e. The molecule has 0 radical (unpaired) electrons. The molecule has 3 fully saturated rings. The summed E-state index contributed by atoms with van der Waals surface area (Å²) in [5.74, 6) is 0.258. The van der Waals surface area contributed by atoms with Crippen LogP contribution in [0.15, 0.2) is 4.52 Å². The van der Waals surface area contributed by atoms with Gasteiger partial charge in [0, 0.05) is 11.8 Å². The number of carboxylic acids is 1. The summed E-state index contributed by atoms with van der Waals surface area (Å²) in [6.45, 7) is 7.99. The molecule has 4 rings (SSSR count). The molecule has 0 amide bonds. The highest BCUT2D eigenvalue weighted by molar-refractivity contribution is 8.01. The van der Waals surface area contributed by atoms with Crippen LogP contribution in [-0.4, -0.2) is 36.2 Å². The predicted molar refractivity (Wildman–Crippen MR) is 105 cm³/mol. The fraction of sp³-hybridized carbons (Fsp3) is 0.737. The summed E-state index contributed by atoms with van der Waals surface area (Å²) in [7, 11) is 0. The van der Waals surface area contributed by atoms with E-state index in [0.717, 1.165) is 41.9 Å². The molecule has 142 valence electrons. The van der Waals surface area contributed by atoms with Crippen molar-refractivity contribution in [2.45, 2.75) is 81.4 Å². The second kappa shape index (κ2) is 5.96. The van der Waals surface area contributed by atoms with Gasteiger partial charge < -0.3 is 14.5 Å². The molecule has 7 heteroatoms. The van der Waals surface area contributed by atoms with Gasteiger partial charge in [0.1, 0.15) is 5.76 Å². The van der Waals surface area contributed by atoms with Gasteiger partial charge in [0.05, 0.1) is 26.4 Å². The van der Waals surface area contributed by atoms with Crippen molar-refractivity contribution in [2.24, 2.45) is 5.92 Å². The van der Waals surface area contributed by atoms with Gasteiger partial charge >= 0.3 is 5.97 Å². The zero-order valence-electron chi connectivity index (χ0n) is 15.7. The minimum absolute atomic E-state index is 0.0992. The number of fused-ring (bicyclic) bond motifs is 1. The van der Waals surface area contributed by atoms with Gasteiger partial charge in [-0.15, -0.1) is 11.8 Å². The maximum Gasteiger partial charge on any atom is 0.336 e. The number of aromatic nitrogens is 1. The topological polar surface area (TPSA) is 66.6 Å². The lowest BCUT2D eigenvalue weighted by Gasteiger charge is -2.51. The van der Waals surface area contributed by atoms with E-state index in [0.29, 0.717) is 5.76 Å². The van der Waals surface area contributed by atoms with Crippen LogP contribution in [0.5, 0.6) is 0 Å². The summed E-state index contributed by atoms with van der Waals surface area (Å²) in [5.41, 5.74) is 0.385. The average Bonchev–Trinajstić information content (AvgIpc) is 3.09. The van der Waals surface area contributed by atoms with Crippen molar-refractivity contribution in [3.05, 3.63) is 17.0 Å². The highest BCUT2D eigenvalue weighted by Crippen LogP contribution is 2.64. The van der Waals surface area contributed by atoms with Crippen LogP contribution in [-0.2, 0) is 10.3 Å². The number of rotatable bonds is 3. The van der Waals surface area contributed by atoms with Crippen molar-refractivity contribution < 1.29 is 14.4 Å². The van der Waals surface area contributed by atoms with E-state index in [1.807, 2.05) is 25.7 Å². The lowest BCUT2D eigenvalue weighted by molar-refractivity contribution is -0.152. The SMILES string of the molecule is Cc1onc(C2CCCCC2)c1[C@@]1(C(=O)O)N2C(=S)[C@@H](C)[C@H]2SC1(C)C. The first-order valence-corrected chi connectivity index (χ1v) is 10.7. The van der Waals surface area contributed by atoms with Gasteiger partial charge in [0.2, 0.25) is 0 Å². The van der Waals surface area contributed by atoms with E-state index in [-0.39, 0.29) is 17.2 Å². The highest BCUT2D eigenvalue weighted by Gasteiger charge is 2.72. The van der Waals surface area contributed by atoms with Crippen molar-refractivity contribution in [3.63, 3.8) is 0 Å². The van der Waals surface area contributed by atoms with Crippen LogP contribution in [0.1, 0.15) is 75.8 Å². The number of aliphatic carboxylic acids is 1. The van der Waals surface area contributed by atoms with Crippen molar-refractivity contribution in [1.29, 1.82) is 0 Å². The van der Waals surface area contributed by atoms with E-state index in [2.05, 4.69) is 12.1 Å². The molecule has 5 nitrogen and oxygen atoms in total. The van der Waals surface area contributed by atoms with Gasteiger partial charge in [-0.25, -0.2) is 4.79 Å². The number of aryl methyl sites for hydroxylation is 1. The van der Waals surface area contributed by atoms with E-state index in [9.17, 15) is 9.90 Å². The molecule has 3 aliphatic rings. The van der Waals surface area contributed by atoms with Gasteiger partial charge in [0.25, 0.3) is 0 Å². The van der Waals surface area contributed by atoms with Gasteiger partial charge in [0.15, 0.2) is 5.54 Å². The van der Waals surface area contributed by atoms with E-state index >= 15 is 0 Å². The van der Waals surface area contributed by atoms with Crippen molar-refractivity contribution in [1.82, 2.24) is 10.1 Å². The molecule has 0 aromatic carbocycles. The Morgan fingerprint density at radius 3 is 2.62 bits per heavy atom. The van der Waals surface area contributed by atoms with Crippen LogP contribution < -0.4 is 0 Å². The number of hydrogen-bond donors (Lipinski definition) is 1. The molecule has 0 bridgehead atoms. The second-order valence-electron chi connectivity index (χ2n) is 8.37. The van der Waals surface area contributed by atoms with E-state index in [4.69, 9.17) is 16.7 Å². The van der Waals surface area contributed by atoms with Crippen LogP contribution in [0.4, 0.5) is 0 Å².